The number of hydrogen-bond donors (Lipinski definition) is 1. The molecule has 0 aromatic heterocycles. The van der Waals surface area contributed by atoms with Gasteiger partial charge in [-0.25, -0.2) is 0 Å². The van der Waals surface area contributed by atoms with Crippen molar-refractivity contribution in [2.24, 2.45) is 0 Å². The van der Waals surface area contributed by atoms with E-state index < -0.39 is 0 Å². The van der Waals surface area contributed by atoms with Gasteiger partial charge in [-0.05, 0) is 45.0 Å². The van der Waals surface area contributed by atoms with Crippen LogP contribution in [0.15, 0.2) is 28.7 Å². The number of aliphatic hydroxyl groups is 1. The van der Waals surface area contributed by atoms with Gasteiger partial charge in [-0.15, -0.1) is 0 Å². The van der Waals surface area contributed by atoms with Crippen LogP contribution in [0, 0.1) is 0 Å². The smallest absolute Gasteiger partial charge is 0.0448 e. The van der Waals surface area contributed by atoms with E-state index in [-0.39, 0.29) is 12.1 Å². The normalized spacial score (nSPS) is 12.1. The fraction of sp³-hybridized carbons (Fsp3) is 0.538. The van der Waals surface area contributed by atoms with Crippen molar-refractivity contribution in [1.29, 1.82) is 0 Å². The van der Waals surface area contributed by atoms with Crippen LogP contribution in [-0.2, 0) is 6.54 Å². The van der Waals surface area contributed by atoms with Crippen molar-refractivity contribution < 1.29 is 5.11 Å². The van der Waals surface area contributed by atoms with Crippen LogP contribution >= 0.6 is 15.9 Å². The van der Waals surface area contributed by atoms with E-state index in [1.807, 2.05) is 0 Å². The predicted molar refractivity (Wildman–Crippen MR) is 71.4 cm³/mol. The van der Waals surface area contributed by atoms with Gasteiger partial charge in [0.25, 0.3) is 0 Å². The molecular formula is C13H20BrNO. The average molecular weight is 286 g/mol. The third-order valence-electron chi connectivity index (χ3n) is 3.09. The van der Waals surface area contributed by atoms with Crippen molar-refractivity contribution in [2.75, 3.05) is 13.7 Å². The molecule has 1 N–H and O–H groups in total. The highest BCUT2D eigenvalue weighted by molar-refractivity contribution is 9.10. The van der Waals surface area contributed by atoms with Gasteiger partial charge in [0, 0.05) is 23.2 Å². The van der Waals surface area contributed by atoms with Gasteiger partial charge in [0.1, 0.15) is 0 Å². The molecule has 0 fully saturated rings. The van der Waals surface area contributed by atoms with E-state index in [0.717, 1.165) is 17.4 Å². The molecular weight excluding hydrogens is 266 g/mol. The largest absolute Gasteiger partial charge is 0.396 e. The maximum absolute atomic E-state index is 9.02. The van der Waals surface area contributed by atoms with Gasteiger partial charge in [-0.3, -0.25) is 4.90 Å². The topological polar surface area (TPSA) is 23.5 Å². The van der Waals surface area contributed by atoms with Crippen LogP contribution in [0.25, 0.3) is 0 Å². The van der Waals surface area contributed by atoms with E-state index in [9.17, 15) is 0 Å². The van der Waals surface area contributed by atoms with Crippen LogP contribution in [-0.4, -0.2) is 29.2 Å². The molecule has 0 atom stereocenters. The molecule has 0 bridgehead atoms. The van der Waals surface area contributed by atoms with E-state index in [0.29, 0.717) is 0 Å². The van der Waals surface area contributed by atoms with Crippen molar-refractivity contribution in [2.45, 2.75) is 32.4 Å². The quantitative estimate of drug-likeness (QED) is 0.899. The van der Waals surface area contributed by atoms with Gasteiger partial charge in [0.05, 0.1) is 0 Å². The highest BCUT2D eigenvalue weighted by atomic mass is 79.9. The summed E-state index contributed by atoms with van der Waals surface area (Å²) >= 11 is 3.43. The number of benzene rings is 1. The van der Waals surface area contributed by atoms with Crippen LogP contribution in [0.1, 0.15) is 25.8 Å². The van der Waals surface area contributed by atoms with Gasteiger partial charge < -0.3 is 5.11 Å². The molecule has 0 heterocycles. The van der Waals surface area contributed by atoms with Crippen LogP contribution in [0.3, 0.4) is 0 Å². The van der Waals surface area contributed by atoms with Crippen LogP contribution in [0.4, 0.5) is 0 Å². The summed E-state index contributed by atoms with van der Waals surface area (Å²) in [5.74, 6) is 0. The molecule has 0 aliphatic heterocycles. The second kappa shape index (κ2) is 5.80. The van der Waals surface area contributed by atoms with Gasteiger partial charge in [0.2, 0.25) is 0 Å². The summed E-state index contributed by atoms with van der Waals surface area (Å²) in [6, 6.07) is 8.36. The fourth-order valence-corrected chi connectivity index (χ4v) is 1.81. The van der Waals surface area contributed by atoms with E-state index in [1.165, 1.54) is 5.56 Å². The number of rotatable bonds is 5. The Balaban J connectivity index is 2.63. The first-order chi connectivity index (χ1) is 7.45. The van der Waals surface area contributed by atoms with E-state index >= 15 is 0 Å². The lowest BCUT2D eigenvalue weighted by Crippen LogP contribution is -2.41. The SMILES string of the molecule is CN(Cc1ccc(Br)cc1)C(C)(C)CCO. The standard InChI is InChI=1S/C13H20BrNO/c1-13(2,8-9-16)15(3)10-11-4-6-12(14)7-5-11/h4-7,16H,8-10H2,1-3H3. The monoisotopic (exact) mass is 285 g/mol. The number of nitrogens with zero attached hydrogens (tertiary/aromatic N) is 1. The first-order valence-corrected chi connectivity index (χ1v) is 6.31. The predicted octanol–water partition coefficient (Wildman–Crippen LogP) is 3.04. The Kier molecular flexibility index (Phi) is 4.96. The lowest BCUT2D eigenvalue weighted by molar-refractivity contribution is 0.110. The second-order valence-electron chi connectivity index (χ2n) is 4.77. The number of halogens is 1. The molecule has 0 unspecified atom stereocenters. The maximum Gasteiger partial charge on any atom is 0.0448 e. The van der Waals surface area contributed by atoms with Gasteiger partial charge >= 0.3 is 0 Å². The molecule has 2 nitrogen and oxygen atoms in total. The second-order valence-corrected chi connectivity index (χ2v) is 5.68. The Morgan fingerprint density at radius 1 is 1.25 bits per heavy atom. The molecule has 0 saturated heterocycles. The zero-order chi connectivity index (χ0) is 12.2. The first-order valence-electron chi connectivity index (χ1n) is 5.52. The third kappa shape index (κ3) is 3.89. The van der Waals surface area contributed by atoms with Crippen molar-refractivity contribution in [3.63, 3.8) is 0 Å². The summed E-state index contributed by atoms with van der Waals surface area (Å²) in [5.41, 5.74) is 1.32. The van der Waals surface area contributed by atoms with E-state index in [4.69, 9.17) is 5.11 Å². The Morgan fingerprint density at radius 3 is 2.31 bits per heavy atom. The maximum atomic E-state index is 9.02. The molecule has 0 spiro atoms. The lowest BCUT2D eigenvalue weighted by atomic mass is 9.98. The summed E-state index contributed by atoms with van der Waals surface area (Å²) in [5, 5.41) is 9.02. The number of hydrogen-bond acceptors (Lipinski definition) is 2. The summed E-state index contributed by atoms with van der Waals surface area (Å²) in [4.78, 5) is 2.27. The molecule has 0 amide bonds. The molecule has 3 heteroatoms. The van der Waals surface area contributed by atoms with Crippen molar-refractivity contribution >= 4 is 15.9 Å². The Hall–Kier alpha value is -0.380. The minimum absolute atomic E-state index is 0.0296. The lowest BCUT2D eigenvalue weighted by Gasteiger charge is -2.35. The molecule has 16 heavy (non-hydrogen) atoms. The molecule has 0 saturated carbocycles. The molecule has 90 valence electrons. The van der Waals surface area contributed by atoms with Crippen LogP contribution in [0.2, 0.25) is 0 Å². The van der Waals surface area contributed by atoms with Crippen molar-refractivity contribution in [1.82, 2.24) is 4.90 Å². The molecule has 1 rings (SSSR count). The Morgan fingerprint density at radius 2 is 1.81 bits per heavy atom. The molecule has 0 aliphatic carbocycles. The number of aliphatic hydroxyl groups excluding tert-OH is 1. The zero-order valence-corrected chi connectivity index (χ0v) is 11.8. The third-order valence-corrected chi connectivity index (χ3v) is 3.62. The summed E-state index contributed by atoms with van der Waals surface area (Å²) in [6.07, 6.45) is 0.792. The highest BCUT2D eigenvalue weighted by Gasteiger charge is 2.22. The Bertz CT molecular complexity index is 321. The average Bonchev–Trinajstić information content (AvgIpc) is 2.21. The van der Waals surface area contributed by atoms with Crippen molar-refractivity contribution in [3.8, 4) is 0 Å². The molecule has 1 aromatic rings. The molecule has 0 radical (unpaired) electrons. The summed E-state index contributed by atoms with van der Waals surface area (Å²) < 4.78 is 1.11. The van der Waals surface area contributed by atoms with Crippen LogP contribution < -0.4 is 0 Å². The first kappa shape index (κ1) is 13.7. The van der Waals surface area contributed by atoms with Crippen LogP contribution in [0.5, 0.6) is 0 Å². The van der Waals surface area contributed by atoms with E-state index in [2.05, 4.69) is 66.0 Å². The Labute approximate surface area is 106 Å². The zero-order valence-electron chi connectivity index (χ0n) is 10.2. The molecule has 0 aliphatic rings. The minimum atomic E-state index is 0.0296. The van der Waals surface area contributed by atoms with E-state index in [1.54, 1.807) is 0 Å². The van der Waals surface area contributed by atoms with Gasteiger partial charge in [-0.2, -0.15) is 0 Å². The highest BCUT2D eigenvalue weighted by Crippen LogP contribution is 2.20. The fourth-order valence-electron chi connectivity index (χ4n) is 1.54. The summed E-state index contributed by atoms with van der Waals surface area (Å²) in [7, 11) is 2.09. The summed E-state index contributed by atoms with van der Waals surface area (Å²) in [6.45, 7) is 5.45. The minimum Gasteiger partial charge on any atom is -0.396 e. The molecule has 1 aromatic carbocycles. The van der Waals surface area contributed by atoms with Gasteiger partial charge in [0.15, 0.2) is 0 Å². The van der Waals surface area contributed by atoms with Crippen molar-refractivity contribution in [3.05, 3.63) is 34.3 Å². The van der Waals surface area contributed by atoms with Gasteiger partial charge in [-0.1, -0.05) is 28.1 Å².